The molecule has 156 valence electrons. The van der Waals surface area contributed by atoms with E-state index in [4.69, 9.17) is 9.47 Å². The van der Waals surface area contributed by atoms with Crippen LogP contribution in [0.15, 0.2) is 18.2 Å². The van der Waals surface area contributed by atoms with Crippen LogP contribution in [0, 0.1) is 12.8 Å². The van der Waals surface area contributed by atoms with Gasteiger partial charge in [-0.15, -0.1) is 0 Å². The Morgan fingerprint density at radius 2 is 1.82 bits per heavy atom. The molecule has 0 N–H and O–H groups in total. The molecule has 0 aliphatic carbocycles. The first kappa shape index (κ1) is 22.0. The van der Waals surface area contributed by atoms with Gasteiger partial charge in [0.2, 0.25) is 15.9 Å². The second-order valence-corrected chi connectivity index (χ2v) is 8.89. The van der Waals surface area contributed by atoms with E-state index in [0.29, 0.717) is 37.4 Å². The molecule has 0 aromatic heterocycles. The summed E-state index contributed by atoms with van der Waals surface area (Å²) in [6, 6.07) is 4.24. The smallest absolute Gasteiger partial charge is 0.308 e. The molecule has 0 spiro atoms. The van der Waals surface area contributed by atoms with Gasteiger partial charge in [0, 0.05) is 13.1 Å². The number of hydrogen-bond donors (Lipinski definition) is 0. The molecule has 1 amide bonds. The Labute approximate surface area is 166 Å². The Morgan fingerprint density at radius 1 is 1.21 bits per heavy atom. The lowest BCUT2D eigenvalue weighted by Crippen LogP contribution is -2.51. The summed E-state index contributed by atoms with van der Waals surface area (Å²) in [5, 5.41) is 0. The number of sulfonamides is 1. The maximum Gasteiger partial charge on any atom is 0.308 e. The number of carbonyl (C=O) groups excluding carboxylic acids is 2. The van der Waals surface area contributed by atoms with Crippen molar-refractivity contribution in [3.8, 4) is 5.75 Å². The minimum Gasteiger partial charge on any atom is -0.495 e. The van der Waals surface area contributed by atoms with Crippen LogP contribution in [0.3, 0.4) is 0 Å². The fraction of sp³-hybridized carbons (Fsp3) is 0.579. The van der Waals surface area contributed by atoms with Gasteiger partial charge in [-0.3, -0.25) is 13.9 Å². The average molecular weight is 413 g/mol. The third kappa shape index (κ3) is 4.76. The molecule has 28 heavy (non-hydrogen) atoms. The number of hydrogen-bond acceptors (Lipinski definition) is 6. The first-order valence-corrected chi connectivity index (χ1v) is 11.0. The van der Waals surface area contributed by atoms with Crippen molar-refractivity contribution in [1.82, 2.24) is 4.90 Å². The summed E-state index contributed by atoms with van der Waals surface area (Å²) in [4.78, 5) is 26.3. The lowest BCUT2D eigenvalue weighted by molar-refractivity contribution is -0.149. The van der Waals surface area contributed by atoms with Crippen molar-refractivity contribution in [1.29, 1.82) is 0 Å². The molecule has 1 saturated heterocycles. The van der Waals surface area contributed by atoms with E-state index in [1.54, 1.807) is 24.0 Å². The zero-order valence-corrected chi connectivity index (χ0v) is 17.8. The predicted octanol–water partition coefficient (Wildman–Crippen LogP) is 1.57. The highest BCUT2D eigenvalue weighted by Crippen LogP contribution is 2.33. The molecule has 0 unspecified atom stereocenters. The summed E-state index contributed by atoms with van der Waals surface area (Å²) in [6.45, 7) is 4.17. The maximum absolute atomic E-state index is 13.1. The maximum atomic E-state index is 13.1. The number of esters is 1. The third-order valence-electron chi connectivity index (χ3n) is 4.98. The van der Waals surface area contributed by atoms with Crippen LogP contribution >= 0.6 is 0 Å². The average Bonchev–Trinajstić information content (AvgIpc) is 2.66. The number of methoxy groups -OCH3 is 2. The highest BCUT2D eigenvalue weighted by atomic mass is 32.2. The van der Waals surface area contributed by atoms with E-state index in [1.165, 1.54) is 14.2 Å². The van der Waals surface area contributed by atoms with Gasteiger partial charge in [0.05, 0.1) is 32.1 Å². The van der Waals surface area contributed by atoms with E-state index in [9.17, 15) is 18.0 Å². The van der Waals surface area contributed by atoms with Gasteiger partial charge in [-0.2, -0.15) is 0 Å². The van der Waals surface area contributed by atoms with Gasteiger partial charge >= 0.3 is 5.97 Å². The van der Waals surface area contributed by atoms with Gasteiger partial charge in [0.25, 0.3) is 0 Å². The first-order valence-electron chi connectivity index (χ1n) is 9.10. The molecule has 1 fully saturated rings. The summed E-state index contributed by atoms with van der Waals surface area (Å²) in [7, 11) is -0.941. The number of carbonyl (C=O) groups is 2. The van der Waals surface area contributed by atoms with Crippen LogP contribution in [0.1, 0.15) is 25.3 Å². The van der Waals surface area contributed by atoms with E-state index < -0.39 is 16.1 Å². The Bertz CT molecular complexity index is 831. The molecule has 1 aromatic rings. The molecule has 1 heterocycles. The SMILES string of the molecule is COC(=O)C1CCN(C(=O)[C@H](C)N(c2cc(C)ccc2OC)S(C)(=O)=O)CC1. The number of benzene rings is 1. The number of likely N-dealkylation sites (tertiary alicyclic amines) is 1. The number of rotatable bonds is 6. The molecular weight excluding hydrogens is 384 g/mol. The zero-order valence-electron chi connectivity index (χ0n) is 17.0. The van der Waals surface area contributed by atoms with Crippen LogP contribution in [-0.2, 0) is 24.3 Å². The quantitative estimate of drug-likeness (QED) is 0.659. The topological polar surface area (TPSA) is 93.2 Å². The monoisotopic (exact) mass is 412 g/mol. The van der Waals surface area contributed by atoms with Crippen molar-refractivity contribution in [2.24, 2.45) is 5.92 Å². The van der Waals surface area contributed by atoms with Gasteiger partial charge in [-0.05, 0) is 44.4 Å². The second kappa shape index (κ2) is 8.81. The highest BCUT2D eigenvalue weighted by molar-refractivity contribution is 7.92. The number of ether oxygens (including phenoxy) is 2. The minimum absolute atomic E-state index is 0.229. The summed E-state index contributed by atoms with van der Waals surface area (Å²) >= 11 is 0. The number of anilines is 1. The first-order chi connectivity index (χ1) is 13.1. The van der Waals surface area contributed by atoms with Crippen LogP contribution in [0.2, 0.25) is 0 Å². The Morgan fingerprint density at radius 3 is 2.32 bits per heavy atom. The molecule has 0 bridgehead atoms. The van der Waals surface area contributed by atoms with Gasteiger partial charge < -0.3 is 14.4 Å². The molecule has 1 aliphatic rings. The minimum atomic E-state index is -3.75. The largest absolute Gasteiger partial charge is 0.495 e. The van der Waals surface area contributed by atoms with E-state index in [-0.39, 0.29) is 17.8 Å². The predicted molar refractivity (Wildman–Crippen MR) is 106 cm³/mol. The van der Waals surface area contributed by atoms with Crippen molar-refractivity contribution >= 4 is 27.6 Å². The van der Waals surface area contributed by atoms with Crippen LogP contribution in [0.4, 0.5) is 5.69 Å². The molecule has 0 saturated carbocycles. The molecule has 1 aliphatic heterocycles. The van der Waals surface area contributed by atoms with Gasteiger partial charge in [-0.25, -0.2) is 8.42 Å². The summed E-state index contributed by atoms with van der Waals surface area (Å²) in [6.07, 6.45) is 2.07. The van der Waals surface area contributed by atoms with Crippen LogP contribution in [0.5, 0.6) is 5.75 Å². The van der Waals surface area contributed by atoms with Crippen molar-refractivity contribution < 1.29 is 27.5 Å². The molecule has 9 heteroatoms. The number of piperidine rings is 1. The molecule has 0 radical (unpaired) electrons. The molecule has 2 rings (SSSR count). The van der Waals surface area contributed by atoms with Gasteiger partial charge in [0.15, 0.2) is 0 Å². The molecular formula is C19H28N2O6S. The number of amides is 1. The van der Waals surface area contributed by atoms with Crippen molar-refractivity contribution in [3.05, 3.63) is 23.8 Å². The van der Waals surface area contributed by atoms with Gasteiger partial charge in [0.1, 0.15) is 11.8 Å². The fourth-order valence-electron chi connectivity index (χ4n) is 3.51. The normalized spacial score (nSPS) is 16.4. The lowest BCUT2D eigenvalue weighted by atomic mass is 9.96. The van der Waals surface area contributed by atoms with E-state index >= 15 is 0 Å². The Hall–Kier alpha value is -2.29. The van der Waals surface area contributed by atoms with E-state index in [2.05, 4.69) is 0 Å². The van der Waals surface area contributed by atoms with Crippen LogP contribution < -0.4 is 9.04 Å². The molecule has 8 nitrogen and oxygen atoms in total. The summed E-state index contributed by atoms with van der Waals surface area (Å²) < 4.78 is 36.3. The third-order valence-corrected chi connectivity index (χ3v) is 6.21. The van der Waals surface area contributed by atoms with Crippen molar-refractivity contribution in [2.75, 3.05) is 37.9 Å². The van der Waals surface area contributed by atoms with E-state index in [1.807, 2.05) is 13.0 Å². The van der Waals surface area contributed by atoms with Crippen LogP contribution in [-0.4, -0.2) is 64.8 Å². The number of aryl methyl sites for hydroxylation is 1. The standard InChI is InChI=1S/C19H28N2O6S/c1-13-6-7-17(26-3)16(12-13)21(28(5,24)25)14(2)18(22)20-10-8-15(9-11-20)19(23)27-4/h6-7,12,14-15H,8-11H2,1-5H3/t14-/m0/s1. The van der Waals surface area contributed by atoms with E-state index in [0.717, 1.165) is 16.1 Å². The fourth-order valence-corrected chi connectivity index (χ4v) is 4.68. The molecule has 1 atom stereocenters. The Balaban J connectivity index is 2.28. The van der Waals surface area contributed by atoms with Crippen LogP contribution in [0.25, 0.3) is 0 Å². The molecule has 1 aromatic carbocycles. The zero-order chi connectivity index (χ0) is 21.1. The highest BCUT2D eigenvalue weighted by Gasteiger charge is 2.36. The van der Waals surface area contributed by atoms with Crippen molar-refractivity contribution in [2.45, 2.75) is 32.7 Å². The Kier molecular flexibility index (Phi) is 6.92. The van der Waals surface area contributed by atoms with Gasteiger partial charge in [-0.1, -0.05) is 6.07 Å². The lowest BCUT2D eigenvalue weighted by Gasteiger charge is -2.36. The summed E-state index contributed by atoms with van der Waals surface area (Å²) in [5.41, 5.74) is 1.18. The second-order valence-electron chi connectivity index (χ2n) is 7.03. The summed E-state index contributed by atoms with van der Waals surface area (Å²) in [5.74, 6) is -0.438. The number of nitrogens with zero attached hydrogens (tertiary/aromatic N) is 2. The van der Waals surface area contributed by atoms with Crippen molar-refractivity contribution in [3.63, 3.8) is 0 Å².